The molecule has 20 heavy (non-hydrogen) atoms. The minimum absolute atomic E-state index is 0. The summed E-state index contributed by atoms with van der Waals surface area (Å²) < 4.78 is 0. The van der Waals surface area contributed by atoms with Gasteiger partial charge in [0.25, 0.3) is 0 Å². The van der Waals surface area contributed by atoms with Crippen LogP contribution < -0.4 is 5.32 Å². The monoisotopic (exact) mass is 319 g/mol. The smallest absolute Gasteiger partial charge is 0.239 e. The molecule has 2 heterocycles. The van der Waals surface area contributed by atoms with E-state index in [-0.39, 0.29) is 36.8 Å². The Labute approximate surface area is 133 Å². The SMILES string of the molecule is CN(CCc1ccncc1)C(=O)[C@@H]1CCCCN1.Cl.Cl. The predicted molar refractivity (Wildman–Crippen MR) is 85.7 cm³/mol. The fourth-order valence-electron chi connectivity index (χ4n) is 2.29. The Balaban J connectivity index is 0.00000180. The summed E-state index contributed by atoms with van der Waals surface area (Å²) in [6, 6.07) is 4.02. The number of carbonyl (C=O) groups is 1. The molecule has 114 valence electrons. The van der Waals surface area contributed by atoms with Crippen LogP contribution >= 0.6 is 24.8 Å². The van der Waals surface area contributed by atoms with Gasteiger partial charge in [-0.1, -0.05) is 6.42 Å². The van der Waals surface area contributed by atoms with Gasteiger partial charge in [0.05, 0.1) is 6.04 Å². The number of nitrogens with zero attached hydrogens (tertiary/aromatic N) is 2. The van der Waals surface area contributed by atoms with Crippen LogP contribution in [0, 0.1) is 0 Å². The molecule has 0 saturated carbocycles. The molecule has 1 aromatic heterocycles. The van der Waals surface area contributed by atoms with Gasteiger partial charge in [-0.2, -0.15) is 0 Å². The second-order valence-corrected chi connectivity index (χ2v) is 4.87. The number of rotatable bonds is 4. The number of likely N-dealkylation sites (N-methyl/N-ethyl adjacent to an activating group) is 1. The lowest BCUT2D eigenvalue weighted by Gasteiger charge is -2.27. The van der Waals surface area contributed by atoms with Crippen LogP contribution in [0.25, 0.3) is 0 Å². The van der Waals surface area contributed by atoms with E-state index in [2.05, 4.69) is 10.3 Å². The summed E-state index contributed by atoms with van der Waals surface area (Å²) in [4.78, 5) is 18.0. The highest BCUT2D eigenvalue weighted by Crippen LogP contribution is 2.09. The van der Waals surface area contributed by atoms with Crippen molar-refractivity contribution >= 4 is 30.7 Å². The lowest BCUT2D eigenvalue weighted by Crippen LogP contribution is -2.47. The third-order valence-electron chi connectivity index (χ3n) is 3.47. The van der Waals surface area contributed by atoms with Crippen LogP contribution in [0.4, 0.5) is 0 Å². The molecule has 1 atom stereocenters. The van der Waals surface area contributed by atoms with E-state index in [1.807, 2.05) is 24.1 Å². The van der Waals surface area contributed by atoms with E-state index in [9.17, 15) is 4.79 Å². The molecule has 1 fully saturated rings. The number of amides is 1. The molecule has 2 rings (SSSR count). The predicted octanol–water partition coefficient (Wildman–Crippen LogP) is 2.07. The number of halogens is 2. The van der Waals surface area contributed by atoms with Crippen molar-refractivity contribution in [2.45, 2.75) is 31.7 Å². The largest absolute Gasteiger partial charge is 0.344 e. The summed E-state index contributed by atoms with van der Waals surface area (Å²) in [6.45, 7) is 1.73. The fraction of sp³-hybridized carbons (Fsp3) is 0.571. The standard InChI is InChI=1S/C14H21N3O.2ClH/c1-17(11-7-12-5-9-15-10-6-12)14(18)13-4-2-3-8-16-13;;/h5-6,9-10,13,16H,2-4,7-8,11H2,1H3;2*1H/t13-;;/m0../s1. The summed E-state index contributed by atoms with van der Waals surface area (Å²) in [7, 11) is 1.89. The van der Waals surface area contributed by atoms with Crippen LogP contribution in [0.3, 0.4) is 0 Å². The maximum atomic E-state index is 12.2. The van der Waals surface area contributed by atoms with E-state index in [1.54, 1.807) is 12.4 Å². The first-order valence-corrected chi connectivity index (χ1v) is 6.64. The Morgan fingerprint density at radius 2 is 2.05 bits per heavy atom. The number of hydrogen-bond donors (Lipinski definition) is 1. The van der Waals surface area contributed by atoms with Crippen LogP contribution in [-0.2, 0) is 11.2 Å². The molecule has 0 radical (unpaired) electrons. The van der Waals surface area contributed by atoms with Crippen LogP contribution in [-0.4, -0.2) is 42.0 Å². The molecule has 0 unspecified atom stereocenters. The van der Waals surface area contributed by atoms with Gasteiger partial charge in [0, 0.05) is 26.0 Å². The summed E-state index contributed by atoms with van der Waals surface area (Å²) in [5, 5.41) is 3.30. The highest BCUT2D eigenvalue weighted by Gasteiger charge is 2.23. The lowest BCUT2D eigenvalue weighted by molar-refractivity contribution is -0.132. The van der Waals surface area contributed by atoms with E-state index in [0.29, 0.717) is 0 Å². The quantitative estimate of drug-likeness (QED) is 0.924. The first kappa shape index (κ1) is 19.2. The first-order valence-electron chi connectivity index (χ1n) is 6.64. The van der Waals surface area contributed by atoms with E-state index in [0.717, 1.165) is 32.4 Å². The number of aromatic nitrogens is 1. The Bertz CT molecular complexity index is 383. The molecule has 0 aromatic carbocycles. The summed E-state index contributed by atoms with van der Waals surface area (Å²) in [6.07, 6.45) is 7.78. The van der Waals surface area contributed by atoms with Crippen LogP contribution in [0.15, 0.2) is 24.5 Å². The van der Waals surface area contributed by atoms with E-state index < -0.39 is 0 Å². The first-order chi connectivity index (χ1) is 8.77. The Morgan fingerprint density at radius 1 is 1.35 bits per heavy atom. The van der Waals surface area contributed by atoms with Crippen molar-refractivity contribution < 1.29 is 4.79 Å². The molecule has 1 aliphatic rings. The Kier molecular flexibility index (Phi) is 9.55. The number of piperidine rings is 1. The maximum Gasteiger partial charge on any atom is 0.239 e. The van der Waals surface area contributed by atoms with Crippen molar-refractivity contribution in [3.63, 3.8) is 0 Å². The number of pyridine rings is 1. The molecular formula is C14H23Cl2N3O. The van der Waals surface area contributed by atoms with Gasteiger partial charge in [-0.05, 0) is 43.5 Å². The molecule has 0 spiro atoms. The van der Waals surface area contributed by atoms with Gasteiger partial charge in [-0.25, -0.2) is 0 Å². The average Bonchev–Trinajstić information content (AvgIpc) is 2.46. The second kappa shape index (κ2) is 9.97. The Hall–Kier alpha value is -0.840. The van der Waals surface area contributed by atoms with Gasteiger partial charge >= 0.3 is 0 Å². The average molecular weight is 320 g/mol. The lowest BCUT2D eigenvalue weighted by atomic mass is 10.0. The van der Waals surface area contributed by atoms with E-state index in [1.165, 1.54) is 12.0 Å². The van der Waals surface area contributed by atoms with Crippen molar-refractivity contribution in [2.75, 3.05) is 20.1 Å². The van der Waals surface area contributed by atoms with Crippen molar-refractivity contribution in [3.8, 4) is 0 Å². The number of nitrogens with one attached hydrogen (secondary N) is 1. The van der Waals surface area contributed by atoms with Crippen molar-refractivity contribution in [3.05, 3.63) is 30.1 Å². The van der Waals surface area contributed by atoms with E-state index >= 15 is 0 Å². The number of carbonyl (C=O) groups excluding carboxylic acids is 1. The normalized spacial score (nSPS) is 17.6. The highest BCUT2D eigenvalue weighted by molar-refractivity contribution is 5.85. The zero-order valence-corrected chi connectivity index (χ0v) is 13.4. The van der Waals surface area contributed by atoms with Gasteiger partial charge in [0.15, 0.2) is 0 Å². The minimum atomic E-state index is 0. The summed E-state index contributed by atoms with van der Waals surface area (Å²) >= 11 is 0. The molecule has 0 bridgehead atoms. The van der Waals surface area contributed by atoms with Crippen LogP contribution in [0.5, 0.6) is 0 Å². The summed E-state index contributed by atoms with van der Waals surface area (Å²) in [5.41, 5.74) is 1.22. The Morgan fingerprint density at radius 3 is 2.65 bits per heavy atom. The molecule has 4 nitrogen and oxygen atoms in total. The maximum absolute atomic E-state index is 12.2. The van der Waals surface area contributed by atoms with Crippen molar-refractivity contribution in [1.82, 2.24) is 15.2 Å². The number of hydrogen-bond acceptors (Lipinski definition) is 3. The highest BCUT2D eigenvalue weighted by atomic mass is 35.5. The molecule has 1 saturated heterocycles. The van der Waals surface area contributed by atoms with Crippen molar-refractivity contribution in [2.24, 2.45) is 0 Å². The molecule has 1 N–H and O–H groups in total. The molecule has 6 heteroatoms. The topological polar surface area (TPSA) is 45.2 Å². The zero-order chi connectivity index (χ0) is 12.8. The van der Waals surface area contributed by atoms with Crippen LogP contribution in [0.2, 0.25) is 0 Å². The molecule has 1 aromatic rings. The zero-order valence-electron chi connectivity index (χ0n) is 11.7. The third kappa shape index (κ3) is 5.65. The molecule has 1 aliphatic heterocycles. The van der Waals surface area contributed by atoms with Crippen molar-refractivity contribution in [1.29, 1.82) is 0 Å². The van der Waals surface area contributed by atoms with E-state index in [4.69, 9.17) is 0 Å². The second-order valence-electron chi connectivity index (χ2n) is 4.87. The van der Waals surface area contributed by atoms with Gasteiger partial charge in [-0.15, -0.1) is 24.8 Å². The van der Waals surface area contributed by atoms with Gasteiger partial charge in [-0.3, -0.25) is 9.78 Å². The minimum Gasteiger partial charge on any atom is -0.344 e. The third-order valence-corrected chi connectivity index (χ3v) is 3.47. The molecular weight excluding hydrogens is 297 g/mol. The van der Waals surface area contributed by atoms with Gasteiger partial charge in [0.2, 0.25) is 5.91 Å². The summed E-state index contributed by atoms with van der Waals surface area (Å²) in [5.74, 6) is 0.226. The van der Waals surface area contributed by atoms with Gasteiger partial charge < -0.3 is 10.2 Å². The fourth-order valence-corrected chi connectivity index (χ4v) is 2.29. The molecule has 0 aliphatic carbocycles. The van der Waals surface area contributed by atoms with Gasteiger partial charge in [0.1, 0.15) is 0 Å². The van der Waals surface area contributed by atoms with Crippen LogP contribution in [0.1, 0.15) is 24.8 Å². The molecule has 1 amide bonds.